The van der Waals surface area contributed by atoms with Gasteiger partial charge in [0.05, 0.1) is 29.8 Å². The molecule has 2 fully saturated rings. The van der Waals surface area contributed by atoms with Crippen LogP contribution in [0.25, 0.3) is 11.3 Å². The van der Waals surface area contributed by atoms with Gasteiger partial charge in [-0.3, -0.25) is 4.39 Å². The number of anilines is 3. The minimum absolute atomic E-state index is 0.223. The average molecular weight is 503 g/mol. The SMILES string of the molecule is CN1CCN(c2ccc(Nc3nccc(-c4ccc(O[C@H]5CCNC[C@H]5CF)c(C#N)c4)n3)nc2)CC1. The number of pyridine rings is 1. The van der Waals surface area contributed by atoms with Crippen LogP contribution in [0.4, 0.5) is 21.8 Å². The number of aromatic nitrogens is 3. The summed E-state index contributed by atoms with van der Waals surface area (Å²) in [5.41, 5.74) is 2.92. The molecule has 2 atom stereocenters. The highest BCUT2D eigenvalue weighted by atomic mass is 19.1. The fourth-order valence-corrected chi connectivity index (χ4v) is 4.66. The Morgan fingerprint density at radius 3 is 2.78 bits per heavy atom. The molecule has 0 aliphatic carbocycles. The molecule has 1 aromatic carbocycles. The molecule has 0 amide bonds. The molecular weight excluding hydrogens is 471 g/mol. The summed E-state index contributed by atoms with van der Waals surface area (Å²) in [5, 5.41) is 16.1. The summed E-state index contributed by atoms with van der Waals surface area (Å²) in [4.78, 5) is 18.1. The highest BCUT2D eigenvalue weighted by Crippen LogP contribution is 2.29. The molecule has 2 aliphatic rings. The van der Waals surface area contributed by atoms with Crippen LogP contribution < -0.4 is 20.3 Å². The number of nitrogens with zero attached hydrogens (tertiary/aromatic N) is 6. The lowest BCUT2D eigenvalue weighted by Crippen LogP contribution is -2.44. The van der Waals surface area contributed by atoms with Crippen molar-refractivity contribution < 1.29 is 9.13 Å². The fraction of sp³-hybridized carbons (Fsp3) is 0.407. The zero-order chi connectivity index (χ0) is 25.6. The van der Waals surface area contributed by atoms with Gasteiger partial charge >= 0.3 is 0 Å². The van der Waals surface area contributed by atoms with Gasteiger partial charge in [-0.2, -0.15) is 5.26 Å². The first-order valence-corrected chi connectivity index (χ1v) is 12.6. The van der Waals surface area contributed by atoms with Crippen molar-refractivity contribution in [3.8, 4) is 23.1 Å². The number of piperidine rings is 1. The van der Waals surface area contributed by atoms with Crippen molar-refractivity contribution in [1.29, 1.82) is 5.26 Å². The zero-order valence-corrected chi connectivity index (χ0v) is 20.9. The van der Waals surface area contributed by atoms with E-state index in [0.717, 1.165) is 44.0 Å². The Balaban J connectivity index is 1.28. The monoisotopic (exact) mass is 502 g/mol. The Kier molecular flexibility index (Phi) is 7.73. The predicted molar refractivity (Wildman–Crippen MR) is 141 cm³/mol. The van der Waals surface area contributed by atoms with Gasteiger partial charge in [-0.1, -0.05) is 0 Å². The lowest BCUT2D eigenvalue weighted by Gasteiger charge is -2.33. The van der Waals surface area contributed by atoms with E-state index in [0.29, 0.717) is 41.7 Å². The first kappa shape index (κ1) is 24.9. The number of likely N-dealkylation sites (N-methyl/N-ethyl adjacent to an activating group) is 1. The minimum Gasteiger partial charge on any atom is -0.489 e. The fourth-order valence-electron chi connectivity index (χ4n) is 4.66. The van der Waals surface area contributed by atoms with E-state index in [2.05, 4.69) is 54.6 Å². The Morgan fingerprint density at radius 1 is 1.16 bits per heavy atom. The van der Waals surface area contributed by atoms with E-state index in [1.54, 1.807) is 24.4 Å². The van der Waals surface area contributed by atoms with E-state index in [1.165, 1.54) is 0 Å². The van der Waals surface area contributed by atoms with E-state index in [4.69, 9.17) is 4.74 Å². The van der Waals surface area contributed by atoms with Gasteiger partial charge in [-0.05, 0) is 56.4 Å². The Labute approximate surface area is 216 Å². The van der Waals surface area contributed by atoms with Gasteiger partial charge in [-0.25, -0.2) is 15.0 Å². The Bertz CT molecular complexity index is 1240. The molecule has 37 heavy (non-hydrogen) atoms. The Hall–Kier alpha value is -3.81. The molecule has 0 saturated carbocycles. The number of benzene rings is 1. The topological polar surface area (TPSA) is 102 Å². The van der Waals surface area contributed by atoms with Gasteiger partial charge in [0.1, 0.15) is 23.7 Å². The number of hydrogen-bond acceptors (Lipinski definition) is 9. The number of alkyl halides is 1. The molecule has 0 bridgehead atoms. The van der Waals surface area contributed by atoms with Crippen LogP contribution in [0.5, 0.6) is 5.75 Å². The van der Waals surface area contributed by atoms with Crippen molar-refractivity contribution in [3.63, 3.8) is 0 Å². The van der Waals surface area contributed by atoms with Crippen LogP contribution in [0.15, 0.2) is 48.8 Å². The summed E-state index contributed by atoms with van der Waals surface area (Å²) in [5.74, 6) is 1.31. The van der Waals surface area contributed by atoms with E-state index in [1.807, 2.05) is 18.3 Å². The highest BCUT2D eigenvalue weighted by Gasteiger charge is 2.27. The van der Waals surface area contributed by atoms with Crippen molar-refractivity contribution in [2.24, 2.45) is 5.92 Å². The molecular formula is C27H31FN8O. The van der Waals surface area contributed by atoms with Crippen LogP contribution in [0.1, 0.15) is 12.0 Å². The third-order valence-electron chi connectivity index (χ3n) is 6.92. The Morgan fingerprint density at radius 2 is 2.03 bits per heavy atom. The summed E-state index contributed by atoms with van der Waals surface area (Å²) in [7, 11) is 2.14. The van der Waals surface area contributed by atoms with Crippen LogP contribution in [-0.4, -0.2) is 78.9 Å². The summed E-state index contributed by atoms with van der Waals surface area (Å²) in [6, 6.07) is 13.3. The van der Waals surface area contributed by atoms with E-state index in [-0.39, 0.29) is 12.0 Å². The first-order chi connectivity index (χ1) is 18.1. The summed E-state index contributed by atoms with van der Waals surface area (Å²) < 4.78 is 19.5. The van der Waals surface area contributed by atoms with E-state index in [9.17, 15) is 9.65 Å². The predicted octanol–water partition coefficient (Wildman–Crippen LogP) is 3.23. The number of halogens is 1. The quantitative estimate of drug-likeness (QED) is 0.504. The van der Waals surface area contributed by atoms with Gasteiger partial charge in [0.2, 0.25) is 5.95 Å². The van der Waals surface area contributed by atoms with Crippen LogP contribution >= 0.6 is 0 Å². The molecule has 2 aliphatic heterocycles. The molecule has 9 nitrogen and oxygen atoms in total. The third kappa shape index (κ3) is 5.96. The molecule has 0 spiro atoms. The van der Waals surface area contributed by atoms with E-state index >= 15 is 0 Å². The maximum Gasteiger partial charge on any atom is 0.228 e. The van der Waals surface area contributed by atoms with Gasteiger partial charge in [0, 0.05) is 50.4 Å². The maximum atomic E-state index is 13.4. The molecule has 10 heteroatoms. The number of ether oxygens (including phenoxy) is 1. The van der Waals surface area contributed by atoms with Crippen LogP contribution in [-0.2, 0) is 0 Å². The molecule has 3 aromatic rings. The first-order valence-electron chi connectivity index (χ1n) is 12.6. The van der Waals surface area contributed by atoms with E-state index < -0.39 is 6.67 Å². The van der Waals surface area contributed by atoms with Crippen LogP contribution in [0.2, 0.25) is 0 Å². The van der Waals surface area contributed by atoms with Gasteiger partial charge in [0.15, 0.2) is 0 Å². The number of hydrogen-bond donors (Lipinski definition) is 2. The summed E-state index contributed by atoms with van der Waals surface area (Å²) in [6.45, 7) is 4.94. The lowest BCUT2D eigenvalue weighted by molar-refractivity contribution is 0.0860. The molecule has 192 valence electrons. The number of nitrogens with one attached hydrogen (secondary N) is 2. The highest BCUT2D eigenvalue weighted by molar-refractivity contribution is 5.65. The number of piperazine rings is 1. The molecule has 5 rings (SSSR count). The van der Waals surface area contributed by atoms with Gasteiger partial charge in [0.25, 0.3) is 0 Å². The molecule has 4 heterocycles. The van der Waals surface area contributed by atoms with Gasteiger partial charge in [-0.15, -0.1) is 0 Å². The van der Waals surface area contributed by atoms with Crippen LogP contribution in [0, 0.1) is 17.2 Å². The molecule has 2 saturated heterocycles. The number of nitriles is 1. The molecule has 0 unspecified atom stereocenters. The third-order valence-corrected chi connectivity index (χ3v) is 6.92. The maximum absolute atomic E-state index is 13.4. The lowest BCUT2D eigenvalue weighted by atomic mass is 9.97. The summed E-state index contributed by atoms with van der Waals surface area (Å²) in [6.07, 6.45) is 3.98. The standard InChI is InChI=1S/C27H31FN8O/c1-35-10-12-36(13-11-35)22-3-5-26(32-18-22)34-27-31-9-6-23(33-27)19-2-4-24(20(14-19)16-29)37-25-7-8-30-17-21(25)15-28/h2-6,9,14,18,21,25,30H,7-8,10-13,15,17H2,1H3,(H,31,32,33,34)/t21-,25+/m1/s1. The molecule has 2 N–H and O–H groups in total. The normalized spacial score (nSPS) is 20.3. The van der Waals surface area contributed by atoms with Gasteiger partial charge < -0.3 is 25.2 Å². The van der Waals surface area contributed by atoms with Crippen molar-refractivity contribution in [1.82, 2.24) is 25.2 Å². The summed E-state index contributed by atoms with van der Waals surface area (Å²) >= 11 is 0. The van der Waals surface area contributed by atoms with Crippen molar-refractivity contribution in [2.75, 3.05) is 63.2 Å². The minimum atomic E-state index is -0.457. The second-order valence-corrected chi connectivity index (χ2v) is 9.47. The number of rotatable bonds is 7. The zero-order valence-electron chi connectivity index (χ0n) is 20.9. The van der Waals surface area contributed by atoms with Crippen molar-refractivity contribution in [2.45, 2.75) is 12.5 Å². The molecule has 2 aromatic heterocycles. The smallest absolute Gasteiger partial charge is 0.228 e. The average Bonchev–Trinajstić information content (AvgIpc) is 2.94. The molecule has 0 radical (unpaired) electrons. The van der Waals surface area contributed by atoms with Crippen molar-refractivity contribution in [3.05, 3.63) is 54.4 Å². The largest absolute Gasteiger partial charge is 0.489 e. The van der Waals surface area contributed by atoms with Crippen molar-refractivity contribution >= 4 is 17.5 Å². The second kappa shape index (κ2) is 11.5. The van der Waals surface area contributed by atoms with Crippen LogP contribution in [0.3, 0.4) is 0 Å². The second-order valence-electron chi connectivity index (χ2n) is 9.47.